The molecule has 2 amide bonds. The van der Waals surface area contributed by atoms with Gasteiger partial charge in [-0.2, -0.15) is 0 Å². The second-order valence-electron chi connectivity index (χ2n) is 8.68. The van der Waals surface area contributed by atoms with Crippen molar-refractivity contribution in [2.45, 2.75) is 58.7 Å². The van der Waals surface area contributed by atoms with Crippen LogP contribution in [0.5, 0.6) is 0 Å². The second-order valence-corrected chi connectivity index (χ2v) is 11.9. The maximum atomic E-state index is 13.3. The molecule has 0 bridgehead atoms. The van der Waals surface area contributed by atoms with Crippen LogP contribution in [0.4, 0.5) is 5.69 Å². The molecule has 2 rings (SSSR count). The summed E-state index contributed by atoms with van der Waals surface area (Å²) in [7, 11) is -3.69. The molecule has 2 aromatic carbocycles. The van der Waals surface area contributed by atoms with Crippen LogP contribution in [0.1, 0.15) is 45.6 Å². The standard InChI is InChI=1S/C25H32Cl3N3O4S/c1-5-17(2)29-25(33)18(3)30(16-19-8-10-20(26)11-9-19)24(32)7-6-14-31(36(4,34)35)23-15-21(27)12-13-22(23)28/h8-13,15,17-18H,5-7,14,16H2,1-4H3,(H,29,33)/t17-,18-/m1/s1. The SMILES string of the molecule is CC[C@@H](C)NC(=O)[C@@H](C)N(Cc1ccc(Cl)cc1)C(=O)CCCN(c1cc(Cl)ccc1Cl)S(C)(=O)=O. The van der Waals surface area contributed by atoms with Crippen LogP contribution in [-0.2, 0) is 26.2 Å². The Morgan fingerprint density at radius 1 is 1.00 bits per heavy atom. The number of amides is 2. The number of halogens is 3. The molecule has 2 atom stereocenters. The summed E-state index contributed by atoms with van der Waals surface area (Å²) < 4.78 is 26.1. The molecule has 0 fully saturated rings. The Kier molecular flexibility index (Phi) is 11.3. The van der Waals surface area contributed by atoms with Gasteiger partial charge in [-0.15, -0.1) is 0 Å². The van der Waals surface area contributed by atoms with E-state index >= 15 is 0 Å². The predicted molar refractivity (Wildman–Crippen MR) is 147 cm³/mol. The first kappa shape index (κ1) is 30.2. The Bertz CT molecular complexity index is 1160. The summed E-state index contributed by atoms with van der Waals surface area (Å²) >= 11 is 18.3. The Hall–Kier alpha value is -2.00. The fraction of sp³-hybridized carbons (Fsp3) is 0.440. The lowest BCUT2D eigenvalue weighted by atomic mass is 10.1. The zero-order valence-corrected chi connectivity index (χ0v) is 23.9. The van der Waals surface area contributed by atoms with E-state index in [4.69, 9.17) is 34.8 Å². The van der Waals surface area contributed by atoms with Gasteiger partial charge >= 0.3 is 0 Å². The van der Waals surface area contributed by atoms with E-state index in [-0.39, 0.29) is 54.5 Å². The van der Waals surface area contributed by atoms with Gasteiger partial charge in [0.2, 0.25) is 21.8 Å². The highest BCUT2D eigenvalue weighted by atomic mass is 35.5. The van der Waals surface area contributed by atoms with Gasteiger partial charge in [0.1, 0.15) is 6.04 Å². The molecular formula is C25H32Cl3N3O4S. The minimum Gasteiger partial charge on any atom is -0.352 e. The summed E-state index contributed by atoms with van der Waals surface area (Å²) in [6.07, 6.45) is 2.07. The van der Waals surface area contributed by atoms with Crippen LogP contribution < -0.4 is 9.62 Å². The van der Waals surface area contributed by atoms with Gasteiger partial charge in [0.25, 0.3) is 0 Å². The summed E-state index contributed by atoms with van der Waals surface area (Å²) in [5.41, 5.74) is 1.07. The third kappa shape index (κ3) is 8.83. The number of nitrogens with one attached hydrogen (secondary N) is 1. The average molecular weight is 577 g/mol. The molecule has 36 heavy (non-hydrogen) atoms. The van der Waals surface area contributed by atoms with E-state index in [1.54, 1.807) is 37.3 Å². The van der Waals surface area contributed by atoms with Gasteiger partial charge in [0.15, 0.2) is 0 Å². The second kappa shape index (κ2) is 13.5. The van der Waals surface area contributed by atoms with Crippen LogP contribution >= 0.6 is 34.8 Å². The lowest BCUT2D eigenvalue weighted by molar-refractivity contribution is -0.140. The molecule has 0 aliphatic rings. The third-order valence-corrected chi connectivity index (χ3v) is 7.75. The van der Waals surface area contributed by atoms with Crippen molar-refractivity contribution in [1.29, 1.82) is 0 Å². The molecule has 7 nitrogen and oxygen atoms in total. The molecule has 0 aromatic heterocycles. The van der Waals surface area contributed by atoms with E-state index in [1.807, 2.05) is 13.8 Å². The number of anilines is 1. The number of rotatable bonds is 12. The molecule has 0 radical (unpaired) electrons. The average Bonchev–Trinajstić information content (AvgIpc) is 2.81. The van der Waals surface area contributed by atoms with Gasteiger partial charge in [-0.05, 0) is 62.6 Å². The largest absolute Gasteiger partial charge is 0.352 e. The number of hydrogen-bond donors (Lipinski definition) is 1. The van der Waals surface area contributed by atoms with Crippen LogP contribution in [-0.4, -0.2) is 50.0 Å². The Morgan fingerprint density at radius 2 is 1.61 bits per heavy atom. The molecule has 0 saturated heterocycles. The van der Waals surface area contributed by atoms with E-state index in [0.717, 1.165) is 22.5 Å². The first-order valence-electron chi connectivity index (χ1n) is 11.6. The van der Waals surface area contributed by atoms with Gasteiger partial charge < -0.3 is 10.2 Å². The summed E-state index contributed by atoms with van der Waals surface area (Å²) in [5.74, 6) is -0.530. The topological polar surface area (TPSA) is 86.8 Å². The Morgan fingerprint density at radius 3 is 2.19 bits per heavy atom. The minimum absolute atomic E-state index is 0.0207. The predicted octanol–water partition coefficient (Wildman–Crippen LogP) is 5.53. The molecule has 11 heteroatoms. The molecule has 198 valence electrons. The van der Waals surface area contributed by atoms with Crippen molar-refractivity contribution >= 4 is 62.3 Å². The lowest BCUT2D eigenvalue weighted by Gasteiger charge is -2.30. The number of benzene rings is 2. The summed E-state index contributed by atoms with van der Waals surface area (Å²) in [4.78, 5) is 27.6. The molecule has 1 N–H and O–H groups in total. The number of carbonyl (C=O) groups is 2. The van der Waals surface area contributed by atoms with Gasteiger partial charge in [-0.1, -0.05) is 53.9 Å². The highest BCUT2D eigenvalue weighted by Gasteiger charge is 2.27. The van der Waals surface area contributed by atoms with Gasteiger partial charge in [-0.25, -0.2) is 8.42 Å². The monoisotopic (exact) mass is 575 g/mol. The van der Waals surface area contributed by atoms with Crippen LogP contribution in [0.15, 0.2) is 42.5 Å². The zero-order valence-electron chi connectivity index (χ0n) is 20.8. The highest BCUT2D eigenvalue weighted by molar-refractivity contribution is 7.92. The fourth-order valence-electron chi connectivity index (χ4n) is 3.49. The normalized spacial score (nSPS) is 13.1. The van der Waals surface area contributed by atoms with Crippen molar-refractivity contribution in [3.63, 3.8) is 0 Å². The van der Waals surface area contributed by atoms with Crippen LogP contribution in [0, 0.1) is 0 Å². The summed E-state index contributed by atoms with van der Waals surface area (Å²) in [5, 5.41) is 4.06. The molecule has 0 saturated carbocycles. The van der Waals surface area contributed by atoms with Crippen molar-refractivity contribution in [1.82, 2.24) is 10.2 Å². The van der Waals surface area contributed by atoms with E-state index in [9.17, 15) is 18.0 Å². The molecule has 0 aliphatic heterocycles. The van der Waals surface area contributed by atoms with Gasteiger partial charge in [0.05, 0.1) is 17.0 Å². The maximum absolute atomic E-state index is 13.3. The minimum atomic E-state index is -3.69. The number of sulfonamides is 1. The smallest absolute Gasteiger partial charge is 0.242 e. The number of carbonyl (C=O) groups excluding carboxylic acids is 2. The third-order valence-electron chi connectivity index (χ3n) is 5.76. The van der Waals surface area contributed by atoms with Crippen molar-refractivity contribution in [2.75, 3.05) is 17.1 Å². The molecule has 0 spiro atoms. The molecule has 0 heterocycles. The Balaban J connectivity index is 2.20. The first-order chi connectivity index (χ1) is 16.8. The van der Waals surface area contributed by atoms with E-state index < -0.39 is 16.1 Å². The molecular weight excluding hydrogens is 545 g/mol. The molecule has 0 unspecified atom stereocenters. The van der Waals surface area contributed by atoms with Gasteiger partial charge in [0, 0.05) is 35.6 Å². The molecule has 2 aromatic rings. The number of nitrogens with zero attached hydrogens (tertiary/aromatic N) is 2. The maximum Gasteiger partial charge on any atom is 0.242 e. The van der Waals surface area contributed by atoms with E-state index in [0.29, 0.717) is 10.0 Å². The quantitative estimate of drug-likeness (QED) is 0.360. The van der Waals surface area contributed by atoms with Crippen LogP contribution in [0.3, 0.4) is 0 Å². The van der Waals surface area contributed by atoms with Crippen LogP contribution in [0.2, 0.25) is 15.1 Å². The van der Waals surface area contributed by atoms with Crippen molar-refractivity contribution < 1.29 is 18.0 Å². The van der Waals surface area contributed by atoms with Crippen LogP contribution in [0.25, 0.3) is 0 Å². The van der Waals surface area contributed by atoms with E-state index in [2.05, 4.69) is 5.32 Å². The molecule has 0 aliphatic carbocycles. The summed E-state index contributed by atoms with van der Waals surface area (Å²) in [6.45, 7) is 5.77. The number of hydrogen-bond acceptors (Lipinski definition) is 4. The zero-order chi connectivity index (χ0) is 27.0. The van der Waals surface area contributed by atoms with Crippen molar-refractivity contribution in [3.05, 3.63) is 63.1 Å². The van der Waals surface area contributed by atoms with Crippen molar-refractivity contribution in [3.8, 4) is 0 Å². The van der Waals surface area contributed by atoms with Crippen molar-refractivity contribution in [2.24, 2.45) is 0 Å². The summed E-state index contributed by atoms with van der Waals surface area (Å²) in [6, 6.07) is 10.9. The first-order valence-corrected chi connectivity index (χ1v) is 14.6. The highest BCUT2D eigenvalue weighted by Crippen LogP contribution is 2.31. The Labute approximate surface area is 228 Å². The van der Waals surface area contributed by atoms with Gasteiger partial charge in [-0.3, -0.25) is 13.9 Å². The van der Waals surface area contributed by atoms with E-state index in [1.165, 1.54) is 17.0 Å². The fourth-order valence-corrected chi connectivity index (χ4v) is 5.03. The lowest BCUT2D eigenvalue weighted by Crippen LogP contribution is -2.49.